The van der Waals surface area contributed by atoms with Crippen LogP contribution in [0.15, 0.2) is 34.8 Å². The first kappa shape index (κ1) is 11.5. The minimum atomic E-state index is 0.0266. The molecule has 3 rings (SSSR count). The Balaban J connectivity index is 1.90. The van der Waals surface area contributed by atoms with Gasteiger partial charge >= 0.3 is 0 Å². The molecule has 17 heavy (non-hydrogen) atoms. The van der Waals surface area contributed by atoms with Crippen LogP contribution in [0.4, 0.5) is 0 Å². The van der Waals surface area contributed by atoms with E-state index in [-0.39, 0.29) is 6.04 Å². The molecule has 1 nitrogen and oxygen atoms in total. The summed E-state index contributed by atoms with van der Waals surface area (Å²) in [5, 5.41) is 0. The van der Waals surface area contributed by atoms with Crippen molar-refractivity contribution < 1.29 is 0 Å². The van der Waals surface area contributed by atoms with Crippen molar-refractivity contribution in [2.24, 2.45) is 5.73 Å². The van der Waals surface area contributed by atoms with Gasteiger partial charge in [-0.1, -0.05) is 28.1 Å². The first-order chi connectivity index (χ1) is 8.24. The molecule has 1 unspecified atom stereocenters. The maximum Gasteiger partial charge on any atom is 0.0646 e. The molecule has 0 spiro atoms. The van der Waals surface area contributed by atoms with Gasteiger partial charge in [0.15, 0.2) is 0 Å². The highest BCUT2D eigenvalue weighted by molar-refractivity contribution is 9.10. The normalized spacial score (nSPS) is 15.9. The van der Waals surface area contributed by atoms with E-state index in [0.717, 1.165) is 4.47 Å². The van der Waals surface area contributed by atoms with E-state index in [1.165, 1.54) is 35.3 Å². The van der Waals surface area contributed by atoms with Crippen LogP contribution in [-0.4, -0.2) is 0 Å². The molecule has 1 aromatic heterocycles. The van der Waals surface area contributed by atoms with Crippen LogP contribution in [0.2, 0.25) is 0 Å². The Labute approximate surface area is 114 Å². The summed E-state index contributed by atoms with van der Waals surface area (Å²) >= 11 is 5.34. The number of aryl methyl sites for hydroxylation is 2. The smallest absolute Gasteiger partial charge is 0.0646 e. The predicted molar refractivity (Wildman–Crippen MR) is 76.5 cm³/mol. The quantitative estimate of drug-likeness (QED) is 0.890. The van der Waals surface area contributed by atoms with Crippen LogP contribution in [0.25, 0.3) is 0 Å². The molecule has 1 aliphatic carbocycles. The van der Waals surface area contributed by atoms with Gasteiger partial charge in [0.2, 0.25) is 0 Å². The number of halogens is 1. The lowest BCUT2D eigenvalue weighted by molar-refractivity contribution is 0.881. The van der Waals surface area contributed by atoms with Gasteiger partial charge in [0.05, 0.1) is 6.04 Å². The van der Waals surface area contributed by atoms with Gasteiger partial charge < -0.3 is 5.73 Å². The van der Waals surface area contributed by atoms with Gasteiger partial charge in [0.25, 0.3) is 0 Å². The van der Waals surface area contributed by atoms with Crippen LogP contribution >= 0.6 is 27.3 Å². The predicted octanol–water partition coefficient (Wildman–Crippen LogP) is 4.05. The molecular weight excluding hydrogens is 294 g/mol. The van der Waals surface area contributed by atoms with Crippen LogP contribution < -0.4 is 5.73 Å². The molecule has 0 fully saturated rings. The van der Waals surface area contributed by atoms with E-state index in [2.05, 4.69) is 46.3 Å². The molecule has 3 heteroatoms. The zero-order valence-electron chi connectivity index (χ0n) is 9.45. The van der Waals surface area contributed by atoms with Crippen molar-refractivity contribution in [3.63, 3.8) is 0 Å². The number of rotatable bonds is 2. The van der Waals surface area contributed by atoms with Crippen molar-refractivity contribution in [1.29, 1.82) is 0 Å². The molecule has 0 saturated carbocycles. The average molecular weight is 308 g/mol. The Morgan fingerprint density at radius 2 is 1.94 bits per heavy atom. The van der Waals surface area contributed by atoms with E-state index in [9.17, 15) is 0 Å². The highest BCUT2D eigenvalue weighted by atomic mass is 79.9. The number of fused-ring (bicyclic) bond motifs is 1. The Morgan fingerprint density at radius 3 is 2.65 bits per heavy atom. The molecule has 0 radical (unpaired) electrons. The van der Waals surface area contributed by atoms with E-state index in [1.54, 1.807) is 4.88 Å². The number of nitrogens with two attached hydrogens (primary N) is 1. The molecular formula is C14H14BrNS. The minimum absolute atomic E-state index is 0.0266. The fraction of sp³-hybridized carbons (Fsp3) is 0.286. The van der Waals surface area contributed by atoms with Crippen LogP contribution in [0.5, 0.6) is 0 Å². The van der Waals surface area contributed by atoms with Gasteiger partial charge in [0, 0.05) is 14.2 Å². The van der Waals surface area contributed by atoms with E-state index in [4.69, 9.17) is 5.73 Å². The average Bonchev–Trinajstić information content (AvgIpc) is 2.89. The summed E-state index contributed by atoms with van der Waals surface area (Å²) in [4.78, 5) is 2.85. The highest BCUT2D eigenvalue weighted by Crippen LogP contribution is 2.35. The van der Waals surface area contributed by atoms with Gasteiger partial charge in [-0.2, -0.15) is 0 Å². The lowest BCUT2D eigenvalue weighted by Gasteiger charge is -2.10. The standard InChI is InChI=1S/C14H14BrNS/c15-11-6-4-9(5-7-11)14(16)13-8-10-2-1-3-12(10)17-13/h4-8,14H,1-3,16H2. The molecule has 2 N–H and O–H groups in total. The first-order valence-corrected chi connectivity index (χ1v) is 7.47. The lowest BCUT2D eigenvalue weighted by atomic mass is 10.1. The number of benzene rings is 1. The van der Waals surface area contributed by atoms with Crippen LogP contribution in [0.3, 0.4) is 0 Å². The van der Waals surface area contributed by atoms with Crippen molar-refractivity contribution in [3.05, 3.63) is 55.7 Å². The van der Waals surface area contributed by atoms with Gasteiger partial charge in [-0.05, 0) is 48.6 Å². The molecule has 1 aliphatic rings. The van der Waals surface area contributed by atoms with Gasteiger partial charge in [-0.15, -0.1) is 11.3 Å². The number of thiophene rings is 1. The molecule has 88 valence electrons. The SMILES string of the molecule is NC(c1ccc(Br)cc1)c1cc2c(s1)CCC2. The molecule has 0 saturated heterocycles. The van der Waals surface area contributed by atoms with E-state index >= 15 is 0 Å². The summed E-state index contributed by atoms with van der Waals surface area (Å²) in [7, 11) is 0. The van der Waals surface area contributed by atoms with E-state index < -0.39 is 0 Å². The maximum absolute atomic E-state index is 6.32. The summed E-state index contributed by atoms with van der Waals surface area (Å²) in [6.07, 6.45) is 3.79. The molecule has 0 aliphatic heterocycles. The third-order valence-electron chi connectivity index (χ3n) is 3.30. The zero-order valence-corrected chi connectivity index (χ0v) is 11.9. The summed E-state index contributed by atoms with van der Waals surface area (Å²) in [6, 6.07) is 10.6. The minimum Gasteiger partial charge on any atom is -0.320 e. The zero-order chi connectivity index (χ0) is 11.8. The lowest BCUT2D eigenvalue weighted by Crippen LogP contribution is -2.09. The Kier molecular flexibility index (Phi) is 3.07. The topological polar surface area (TPSA) is 26.0 Å². The third kappa shape index (κ3) is 2.19. The van der Waals surface area contributed by atoms with Crippen molar-refractivity contribution in [2.45, 2.75) is 25.3 Å². The van der Waals surface area contributed by atoms with Gasteiger partial charge in [-0.25, -0.2) is 0 Å². The molecule has 1 heterocycles. The number of hydrogen-bond donors (Lipinski definition) is 1. The summed E-state index contributed by atoms with van der Waals surface area (Å²) in [6.45, 7) is 0. The first-order valence-electron chi connectivity index (χ1n) is 5.86. The summed E-state index contributed by atoms with van der Waals surface area (Å²) in [5.74, 6) is 0. The molecule has 2 aromatic rings. The maximum atomic E-state index is 6.32. The Morgan fingerprint density at radius 1 is 1.18 bits per heavy atom. The van der Waals surface area contributed by atoms with E-state index in [0.29, 0.717) is 0 Å². The fourth-order valence-electron chi connectivity index (χ4n) is 2.34. The Bertz CT molecular complexity index is 508. The van der Waals surface area contributed by atoms with Gasteiger partial charge in [-0.3, -0.25) is 0 Å². The fourth-order valence-corrected chi connectivity index (χ4v) is 3.89. The second kappa shape index (κ2) is 4.56. The van der Waals surface area contributed by atoms with Crippen LogP contribution in [-0.2, 0) is 12.8 Å². The summed E-state index contributed by atoms with van der Waals surface area (Å²) in [5.41, 5.74) is 9.04. The Hall–Kier alpha value is -0.640. The highest BCUT2D eigenvalue weighted by Gasteiger charge is 2.18. The van der Waals surface area contributed by atoms with Crippen LogP contribution in [0.1, 0.15) is 33.3 Å². The summed E-state index contributed by atoms with van der Waals surface area (Å²) < 4.78 is 1.10. The van der Waals surface area contributed by atoms with E-state index in [1.807, 2.05) is 11.3 Å². The second-order valence-corrected chi connectivity index (χ2v) is 6.56. The molecule has 1 atom stereocenters. The second-order valence-electron chi connectivity index (χ2n) is 4.48. The molecule has 0 bridgehead atoms. The monoisotopic (exact) mass is 307 g/mol. The largest absolute Gasteiger partial charge is 0.320 e. The van der Waals surface area contributed by atoms with Gasteiger partial charge in [0.1, 0.15) is 0 Å². The molecule has 0 amide bonds. The molecule has 1 aromatic carbocycles. The van der Waals surface area contributed by atoms with Crippen molar-refractivity contribution in [3.8, 4) is 0 Å². The van der Waals surface area contributed by atoms with Crippen molar-refractivity contribution in [1.82, 2.24) is 0 Å². The van der Waals surface area contributed by atoms with Crippen molar-refractivity contribution in [2.75, 3.05) is 0 Å². The third-order valence-corrected chi connectivity index (χ3v) is 5.15. The number of hydrogen-bond acceptors (Lipinski definition) is 2. The van der Waals surface area contributed by atoms with Crippen molar-refractivity contribution >= 4 is 27.3 Å². The van der Waals surface area contributed by atoms with Crippen LogP contribution in [0, 0.1) is 0 Å².